The highest BCUT2D eigenvalue weighted by Crippen LogP contribution is 2.46. The first-order valence-electron chi connectivity index (χ1n) is 24.9. The summed E-state index contributed by atoms with van der Waals surface area (Å²) in [4.78, 5) is 112. The van der Waals surface area contributed by atoms with Crippen LogP contribution in [-0.2, 0) is 60.0 Å². The first-order chi connectivity index (χ1) is 33.3. The number of nitrogens with two attached hydrogens (primary N) is 2. The van der Waals surface area contributed by atoms with E-state index in [1.807, 2.05) is 32.0 Å². The molecule has 9 N–H and O–H groups in total. The zero-order valence-corrected chi connectivity index (χ0v) is 43.3. The molecule has 5 amide bonds. The standard InChI is InChI=1S/C49H79N8O11PS/c1-33(2)26-41(56-49(64)42-21-17-24-57(42)45(60)22-14-10-15-23-53-48(63)40(50)31-70)44(59)28-37(27-38-30-52-32-54-38)47(62)55-34(3)43(58)29-39(46(51)61)35(4)68-69(65,66)67-25-16-8-6-5-7-11-18-36-19-12-9-13-20-36/h9,12-13,19-20,30,32-35,37,39-42,70H,5-8,10-11,14-18,21-29,31,50H2,1-4H3,(H2,51,61)(H,52,54)(H,53,63)(H,55,62)(H,56,64)(H,65,66)/t34-,35+,37+,39-,40-,41-,42-/m0/s1. The summed E-state index contributed by atoms with van der Waals surface area (Å²) in [5, 5.41) is 8.30. The smallest absolute Gasteiger partial charge is 0.369 e. The number of Topliss-reactive ketones (excluding diaryl/α,β-unsaturated/α-hetero) is 2. The summed E-state index contributed by atoms with van der Waals surface area (Å²) in [7, 11) is -4.63. The number of ketones is 2. The molecule has 1 fully saturated rings. The Kier molecular flexibility index (Phi) is 27.2. The molecule has 21 heteroatoms. The fourth-order valence-electron chi connectivity index (χ4n) is 8.38. The van der Waals surface area contributed by atoms with Gasteiger partial charge in [0.05, 0.1) is 49.0 Å². The molecule has 3 rings (SSSR count). The van der Waals surface area contributed by atoms with Gasteiger partial charge in [-0.25, -0.2) is 9.55 Å². The van der Waals surface area contributed by atoms with E-state index in [4.69, 9.17) is 20.5 Å². The van der Waals surface area contributed by atoms with Gasteiger partial charge in [0.15, 0.2) is 11.6 Å². The Hall–Kier alpha value is -4.46. The Morgan fingerprint density at radius 1 is 0.914 bits per heavy atom. The topological polar surface area (TPSA) is 295 Å². The van der Waals surface area contributed by atoms with Crippen LogP contribution in [0.25, 0.3) is 0 Å². The minimum absolute atomic E-state index is 0.0296. The van der Waals surface area contributed by atoms with Crippen LogP contribution in [0.15, 0.2) is 42.9 Å². The minimum atomic E-state index is -4.63. The van der Waals surface area contributed by atoms with Crippen molar-refractivity contribution in [2.75, 3.05) is 25.4 Å². The number of amides is 5. The second kappa shape index (κ2) is 31.8. The molecular weight excluding hydrogens is 940 g/mol. The predicted molar refractivity (Wildman–Crippen MR) is 269 cm³/mol. The molecule has 1 aliphatic rings. The molecule has 0 radical (unpaired) electrons. The molecule has 8 atom stereocenters. The van der Waals surface area contributed by atoms with E-state index >= 15 is 0 Å². The summed E-state index contributed by atoms with van der Waals surface area (Å²) in [5.41, 5.74) is 13.2. The third-order valence-corrected chi connectivity index (χ3v) is 14.0. The van der Waals surface area contributed by atoms with Gasteiger partial charge in [-0.1, -0.05) is 76.3 Å². The van der Waals surface area contributed by atoms with E-state index in [0.717, 1.165) is 38.5 Å². The summed E-state index contributed by atoms with van der Waals surface area (Å²) in [6.45, 7) is 7.34. The molecule has 0 saturated carbocycles. The van der Waals surface area contributed by atoms with Crippen LogP contribution >= 0.6 is 20.5 Å². The zero-order valence-electron chi connectivity index (χ0n) is 41.5. The number of aromatic amines is 1. The first-order valence-corrected chi connectivity index (χ1v) is 27.0. The van der Waals surface area contributed by atoms with Crippen LogP contribution in [0.4, 0.5) is 0 Å². The molecule has 0 bridgehead atoms. The van der Waals surface area contributed by atoms with Gasteiger partial charge in [0.1, 0.15) is 6.04 Å². The number of phosphoric acid groups is 1. The van der Waals surface area contributed by atoms with E-state index in [1.54, 1.807) is 4.90 Å². The molecule has 2 aromatic rings. The highest BCUT2D eigenvalue weighted by Gasteiger charge is 2.38. The number of unbranched alkanes of at least 4 members (excludes halogenated alkanes) is 7. The Balaban J connectivity index is 1.53. The molecule has 1 aromatic carbocycles. The number of phosphoric ester groups is 1. The SMILES string of the molecule is CC(C)C[C@H](NC(=O)[C@@H]1CCCN1C(=O)CCCCCNC(=O)[C@@H](N)CS)C(=O)C[C@@H](Cc1cnc[nH]1)C(=O)N[C@@H](C)C(=O)C[C@H](C(N)=O)[C@@H](C)OP(=O)(O)OCCCCCCCCc1ccccc1. The lowest BCUT2D eigenvalue weighted by Crippen LogP contribution is -2.52. The predicted octanol–water partition coefficient (Wildman–Crippen LogP) is 4.65. The zero-order chi connectivity index (χ0) is 51.6. The number of H-pyrrole nitrogens is 1. The van der Waals surface area contributed by atoms with Gasteiger partial charge in [0.25, 0.3) is 0 Å². The molecule has 70 heavy (non-hydrogen) atoms. The second-order valence-corrected chi connectivity index (χ2v) is 20.6. The van der Waals surface area contributed by atoms with E-state index in [2.05, 4.69) is 50.7 Å². The van der Waals surface area contributed by atoms with E-state index in [0.29, 0.717) is 57.3 Å². The van der Waals surface area contributed by atoms with E-state index in [-0.39, 0.29) is 55.8 Å². The third kappa shape index (κ3) is 22.3. The maximum Gasteiger partial charge on any atom is 0.472 e. The lowest BCUT2D eigenvalue weighted by molar-refractivity contribution is -0.140. The largest absolute Gasteiger partial charge is 0.472 e. The number of primary amides is 1. The van der Waals surface area contributed by atoms with Gasteiger partial charge in [-0.15, -0.1) is 0 Å². The maximum atomic E-state index is 14.1. The lowest BCUT2D eigenvalue weighted by Gasteiger charge is -2.28. The number of likely N-dealkylation sites (tertiary alicyclic amines) is 1. The minimum Gasteiger partial charge on any atom is -0.369 e. The highest BCUT2D eigenvalue weighted by molar-refractivity contribution is 7.80. The van der Waals surface area contributed by atoms with Crippen molar-refractivity contribution in [3.05, 3.63) is 54.1 Å². The Morgan fingerprint density at radius 2 is 1.60 bits per heavy atom. The summed E-state index contributed by atoms with van der Waals surface area (Å²) in [6, 6.07) is 6.69. The summed E-state index contributed by atoms with van der Waals surface area (Å²) in [5.74, 6) is -5.68. The average Bonchev–Trinajstić information content (AvgIpc) is 4.03. The van der Waals surface area contributed by atoms with Crippen LogP contribution in [0.2, 0.25) is 0 Å². The number of nitrogens with one attached hydrogen (secondary N) is 4. The molecule has 1 aliphatic heterocycles. The number of rotatable bonds is 36. The normalized spacial score (nSPS) is 17.1. The van der Waals surface area contributed by atoms with Crippen molar-refractivity contribution in [1.82, 2.24) is 30.8 Å². The average molecular weight is 1020 g/mol. The third-order valence-electron chi connectivity index (χ3n) is 12.5. The van der Waals surface area contributed by atoms with Crippen LogP contribution in [-0.4, -0.2) is 117 Å². The Bertz CT molecular complexity index is 2000. The van der Waals surface area contributed by atoms with Gasteiger partial charge in [0, 0.05) is 56.4 Å². The van der Waals surface area contributed by atoms with Crippen LogP contribution in [0.1, 0.15) is 135 Å². The van der Waals surface area contributed by atoms with E-state index in [9.17, 15) is 43.0 Å². The van der Waals surface area contributed by atoms with Crippen LogP contribution in [0, 0.1) is 17.8 Å². The second-order valence-electron chi connectivity index (χ2n) is 18.9. The summed E-state index contributed by atoms with van der Waals surface area (Å²) in [6.07, 6.45) is 10.7. The van der Waals surface area contributed by atoms with E-state index in [1.165, 1.54) is 31.9 Å². The van der Waals surface area contributed by atoms with Gasteiger partial charge >= 0.3 is 7.82 Å². The summed E-state index contributed by atoms with van der Waals surface area (Å²) < 4.78 is 23.3. The van der Waals surface area contributed by atoms with Crippen molar-refractivity contribution in [3.8, 4) is 0 Å². The fourth-order valence-corrected chi connectivity index (χ4v) is 9.53. The molecule has 19 nitrogen and oxygen atoms in total. The van der Waals surface area contributed by atoms with Gasteiger partial charge in [-0.2, -0.15) is 12.6 Å². The molecule has 1 saturated heterocycles. The molecule has 0 spiro atoms. The number of nitrogens with zero attached hydrogens (tertiary/aromatic N) is 2. The highest BCUT2D eigenvalue weighted by atomic mass is 32.1. The number of hydrogen-bond acceptors (Lipinski definition) is 13. The maximum absolute atomic E-state index is 14.1. The fraction of sp³-hybridized carbons (Fsp3) is 0.673. The number of aryl methyl sites for hydroxylation is 1. The molecular formula is C49H79N8O11PS. The number of thiol groups is 1. The quantitative estimate of drug-likeness (QED) is 0.0262. The van der Waals surface area contributed by atoms with Gasteiger partial charge < -0.3 is 42.2 Å². The molecule has 2 heterocycles. The van der Waals surface area contributed by atoms with Crippen molar-refractivity contribution in [2.45, 2.75) is 167 Å². The van der Waals surface area contributed by atoms with Crippen molar-refractivity contribution >= 4 is 61.6 Å². The molecule has 1 unspecified atom stereocenters. The Morgan fingerprint density at radius 3 is 2.26 bits per heavy atom. The van der Waals surface area contributed by atoms with Crippen molar-refractivity contribution in [1.29, 1.82) is 0 Å². The molecule has 0 aliphatic carbocycles. The number of imidazole rings is 1. The van der Waals surface area contributed by atoms with E-state index < -0.39 is 85.6 Å². The van der Waals surface area contributed by atoms with Crippen molar-refractivity contribution < 1.29 is 52.1 Å². The molecule has 392 valence electrons. The van der Waals surface area contributed by atoms with Gasteiger partial charge in [-0.3, -0.25) is 42.6 Å². The van der Waals surface area contributed by atoms with Crippen LogP contribution in [0.3, 0.4) is 0 Å². The summed E-state index contributed by atoms with van der Waals surface area (Å²) >= 11 is 4.03. The monoisotopic (exact) mass is 1020 g/mol. The number of carbonyl (C=O) groups is 7. The number of hydrogen-bond donors (Lipinski definition) is 8. The number of benzene rings is 1. The first kappa shape index (κ1) is 59.8. The van der Waals surface area contributed by atoms with Crippen molar-refractivity contribution in [2.24, 2.45) is 29.2 Å². The van der Waals surface area contributed by atoms with Crippen molar-refractivity contribution in [3.63, 3.8) is 0 Å². The van der Waals surface area contributed by atoms with Crippen LogP contribution < -0.4 is 27.4 Å². The molecule has 1 aromatic heterocycles. The Labute approximate surface area is 418 Å². The number of aromatic nitrogens is 2. The number of carbonyl (C=O) groups excluding carboxylic acids is 7. The van der Waals surface area contributed by atoms with Gasteiger partial charge in [-0.05, 0) is 76.7 Å². The lowest BCUT2D eigenvalue weighted by atomic mass is 9.89. The van der Waals surface area contributed by atoms with Crippen LogP contribution in [0.5, 0.6) is 0 Å². The van der Waals surface area contributed by atoms with Gasteiger partial charge in [0.2, 0.25) is 29.5 Å².